The molecule has 2 heterocycles. The van der Waals surface area contributed by atoms with Crippen LogP contribution in [-0.4, -0.2) is 30.1 Å². The highest BCUT2D eigenvalue weighted by molar-refractivity contribution is 5.27. The molecule has 2 aliphatic heterocycles. The van der Waals surface area contributed by atoms with Crippen LogP contribution in [-0.2, 0) is 6.54 Å². The van der Waals surface area contributed by atoms with Gasteiger partial charge in [0.25, 0.3) is 0 Å². The molecule has 1 aromatic rings. The van der Waals surface area contributed by atoms with Crippen molar-refractivity contribution in [2.75, 3.05) is 7.11 Å². The van der Waals surface area contributed by atoms with Crippen LogP contribution in [0.15, 0.2) is 24.3 Å². The molecule has 2 N–H and O–H groups in total. The topological polar surface area (TPSA) is 38.5 Å². The monoisotopic (exact) mass is 260 g/mol. The van der Waals surface area contributed by atoms with E-state index in [0.29, 0.717) is 18.1 Å². The number of piperidine rings is 2. The molecule has 2 saturated heterocycles. The smallest absolute Gasteiger partial charge is 0.118 e. The number of hydrogen-bond donors (Lipinski definition) is 1. The van der Waals surface area contributed by atoms with E-state index < -0.39 is 0 Å². The van der Waals surface area contributed by atoms with E-state index >= 15 is 0 Å². The summed E-state index contributed by atoms with van der Waals surface area (Å²) in [6.45, 7) is 1.06. The van der Waals surface area contributed by atoms with Gasteiger partial charge in [0.15, 0.2) is 0 Å². The first-order valence-electron chi connectivity index (χ1n) is 7.40. The van der Waals surface area contributed by atoms with E-state index in [1.165, 1.54) is 37.7 Å². The molecule has 2 atom stereocenters. The summed E-state index contributed by atoms with van der Waals surface area (Å²) in [6.07, 6.45) is 6.36. The molecule has 3 nitrogen and oxygen atoms in total. The van der Waals surface area contributed by atoms with Crippen molar-refractivity contribution >= 4 is 0 Å². The van der Waals surface area contributed by atoms with Gasteiger partial charge in [0, 0.05) is 24.7 Å². The van der Waals surface area contributed by atoms with Crippen molar-refractivity contribution in [3.05, 3.63) is 29.8 Å². The summed E-state index contributed by atoms with van der Waals surface area (Å²) in [5.74, 6) is 0.935. The number of ether oxygens (including phenoxy) is 1. The van der Waals surface area contributed by atoms with Crippen LogP contribution in [0.5, 0.6) is 5.75 Å². The lowest BCUT2D eigenvalue weighted by Gasteiger charge is -2.48. The molecule has 2 bridgehead atoms. The summed E-state index contributed by atoms with van der Waals surface area (Å²) >= 11 is 0. The van der Waals surface area contributed by atoms with Crippen molar-refractivity contribution in [3.63, 3.8) is 0 Å². The molecule has 1 aromatic carbocycles. The normalized spacial score (nSPS) is 31.2. The maximum Gasteiger partial charge on any atom is 0.118 e. The Morgan fingerprint density at radius 3 is 2.37 bits per heavy atom. The van der Waals surface area contributed by atoms with E-state index in [4.69, 9.17) is 10.5 Å². The van der Waals surface area contributed by atoms with Gasteiger partial charge >= 0.3 is 0 Å². The third kappa shape index (κ3) is 2.77. The van der Waals surface area contributed by atoms with Crippen molar-refractivity contribution in [1.82, 2.24) is 4.90 Å². The zero-order valence-electron chi connectivity index (χ0n) is 11.7. The summed E-state index contributed by atoms with van der Waals surface area (Å²) in [5.41, 5.74) is 7.56. The molecule has 0 aliphatic carbocycles. The van der Waals surface area contributed by atoms with Crippen molar-refractivity contribution in [2.24, 2.45) is 5.73 Å². The number of fused-ring (bicyclic) bond motifs is 2. The van der Waals surface area contributed by atoms with Gasteiger partial charge in [-0.15, -0.1) is 0 Å². The minimum Gasteiger partial charge on any atom is -0.497 e. The number of methoxy groups -OCH3 is 1. The van der Waals surface area contributed by atoms with Gasteiger partial charge in [0.1, 0.15) is 5.75 Å². The number of benzene rings is 1. The Balaban J connectivity index is 1.71. The van der Waals surface area contributed by atoms with Crippen LogP contribution in [0, 0.1) is 0 Å². The molecule has 19 heavy (non-hydrogen) atoms. The van der Waals surface area contributed by atoms with Crippen LogP contribution < -0.4 is 10.5 Å². The fourth-order valence-corrected chi connectivity index (χ4v) is 3.72. The van der Waals surface area contributed by atoms with Crippen molar-refractivity contribution in [2.45, 2.75) is 56.8 Å². The molecule has 2 fully saturated rings. The first-order valence-corrected chi connectivity index (χ1v) is 7.40. The zero-order chi connectivity index (χ0) is 13.2. The predicted octanol–water partition coefficient (Wildman–Crippen LogP) is 2.54. The first kappa shape index (κ1) is 12.9. The zero-order valence-corrected chi connectivity index (χ0v) is 11.7. The van der Waals surface area contributed by atoms with E-state index in [-0.39, 0.29) is 0 Å². The summed E-state index contributed by atoms with van der Waals surface area (Å²) in [4.78, 5) is 2.69. The Kier molecular flexibility index (Phi) is 3.76. The fourth-order valence-electron chi connectivity index (χ4n) is 3.72. The number of nitrogens with two attached hydrogens (primary N) is 1. The molecule has 0 amide bonds. The Morgan fingerprint density at radius 2 is 1.79 bits per heavy atom. The van der Waals surface area contributed by atoms with Crippen molar-refractivity contribution in [1.29, 1.82) is 0 Å². The van der Waals surface area contributed by atoms with Crippen molar-refractivity contribution in [3.8, 4) is 5.75 Å². The van der Waals surface area contributed by atoms with Gasteiger partial charge in [0.2, 0.25) is 0 Å². The lowest BCUT2D eigenvalue weighted by molar-refractivity contribution is 0.0245. The first-order chi connectivity index (χ1) is 9.26. The molecule has 0 spiro atoms. The van der Waals surface area contributed by atoms with Gasteiger partial charge in [-0.1, -0.05) is 18.6 Å². The van der Waals surface area contributed by atoms with Crippen LogP contribution >= 0.6 is 0 Å². The van der Waals surface area contributed by atoms with E-state index in [2.05, 4.69) is 29.2 Å². The number of nitrogens with zero attached hydrogens (tertiary/aromatic N) is 1. The minimum atomic E-state index is 0.419. The molecule has 2 aliphatic rings. The second-order valence-electron chi connectivity index (χ2n) is 5.99. The quantitative estimate of drug-likeness (QED) is 0.907. The van der Waals surface area contributed by atoms with Crippen LogP contribution in [0.25, 0.3) is 0 Å². The number of rotatable bonds is 3. The van der Waals surface area contributed by atoms with E-state index in [0.717, 1.165) is 12.3 Å². The van der Waals surface area contributed by atoms with Gasteiger partial charge in [-0.25, -0.2) is 0 Å². The molecule has 2 unspecified atom stereocenters. The Hall–Kier alpha value is -1.06. The Morgan fingerprint density at radius 1 is 1.16 bits per heavy atom. The summed E-state index contributed by atoms with van der Waals surface area (Å²) in [6, 6.07) is 10.3. The molecule has 104 valence electrons. The van der Waals surface area contributed by atoms with Crippen LogP contribution in [0.2, 0.25) is 0 Å². The average molecular weight is 260 g/mol. The maximum atomic E-state index is 6.18. The van der Waals surface area contributed by atoms with E-state index in [1.807, 2.05) is 0 Å². The van der Waals surface area contributed by atoms with Gasteiger partial charge in [0.05, 0.1) is 7.11 Å². The van der Waals surface area contributed by atoms with Gasteiger partial charge in [-0.2, -0.15) is 0 Å². The average Bonchev–Trinajstić information content (AvgIpc) is 2.41. The highest BCUT2D eigenvalue weighted by Crippen LogP contribution is 2.34. The third-order valence-corrected chi connectivity index (χ3v) is 4.69. The maximum absolute atomic E-state index is 6.18. The summed E-state index contributed by atoms with van der Waals surface area (Å²) in [5, 5.41) is 0. The van der Waals surface area contributed by atoms with Gasteiger partial charge in [-0.05, 0) is 43.4 Å². The largest absolute Gasteiger partial charge is 0.497 e. The van der Waals surface area contributed by atoms with Gasteiger partial charge in [-0.3, -0.25) is 4.90 Å². The Bertz CT molecular complexity index is 403. The molecule has 0 aromatic heterocycles. The second kappa shape index (κ2) is 5.51. The predicted molar refractivity (Wildman–Crippen MR) is 77.2 cm³/mol. The minimum absolute atomic E-state index is 0.419. The number of hydrogen-bond acceptors (Lipinski definition) is 3. The van der Waals surface area contributed by atoms with E-state index in [1.54, 1.807) is 7.11 Å². The van der Waals surface area contributed by atoms with Gasteiger partial charge < -0.3 is 10.5 Å². The lowest BCUT2D eigenvalue weighted by Crippen LogP contribution is -2.54. The Labute approximate surface area is 115 Å². The van der Waals surface area contributed by atoms with Crippen LogP contribution in [0.4, 0.5) is 0 Å². The molecular weight excluding hydrogens is 236 g/mol. The second-order valence-corrected chi connectivity index (χ2v) is 5.99. The van der Waals surface area contributed by atoms with E-state index in [9.17, 15) is 0 Å². The van der Waals surface area contributed by atoms with Crippen molar-refractivity contribution < 1.29 is 4.74 Å². The highest BCUT2D eigenvalue weighted by atomic mass is 16.5. The highest BCUT2D eigenvalue weighted by Gasteiger charge is 2.36. The fraction of sp³-hybridized carbons (Fsp3) is 0.625. The molecular formula is C16H24N2O. The summed E-state index contributed by atoms with van der Waals surface area (Å²) in [7, 11) is 1.71. The lowest BCUT2D eigenvalue weighted by atomic mass is 9.82. The van der Waals surface area contributed by atoms with Crippen LogP contribution in [0.1, 0.15) is 37.7 Å². The summed E-state index contributed by atoms with van der Waals surface area (Å²) < 4.78 is 5.22. The molecule has 0 saturated carbocycles. The SMILES string of the molecule is COc1ccc(CN2C3CCCC2CC(N)C3)cc1. The molecule has 0 radical (unpaired) electrons. The van der Waals surface area contributed by atoms with Crippen LogP contribution in [0.3, 0.4) is 0 Å². The standard InChI is InChI=1S/C16H24N2O/c1-19-16-7-5-12(6-8-16)11-18-14-3-2-4-15(18)10-13(17)9-14/h5-8,13-15H,2-4,9-11,17H2,1H3. The molecule has 3 heteroatoms. The third-order valence-electron chi connectivity index (χ3n) is 4.69. The molecule has 3 rings (SSSR count).